The number of rotatable bonds is 6. The number of hydrogen-bond donors (Lipinski definition) is 0. The highest BCUT2D eigenvalue weighted by Gasteiger charge is 2.17. The van der Waals surface area contributed by atoms with Crippen LogP contribution in [0.1, 0.15) is 21.7 Å². The van der Waals surface area contributed by atoms with E-state index in [0.717, 1.165) is 0 Å². The lowest BCUT2D eigenvalue weighted by Gasteiger charge is -2.07. The molecule has 0 bridgehead atoms. The first kappa shape index (κ1) is 17.3. The van der Waals surface area contributed by atoms with E-state index in [4.69, 9.17) is 18.6 Å². The predicted octanol–water partition coefficient (Wildman–Crippen LogP) is 2.87. The summed E-state index contributed by atoms with van der Waals surface area (Å²) in [5.41, 5.74) is -0.211. The summed E-state index contributed by atoms with van der Waals surface area (Å²) in [6.07, 6.45) is 2.83. The van der Waals surface area contributed by atoms with Crippen molar-refractivity contribution in [2.24, 2.45) is 0 Å². The minimum atomic E-state index is -0.733. The van der Waals surface area contributed by atoms with Gasteiger partial charge >= 0.3 is 5.63 Å². The van der Waals surface area contributed by atoms with Crippen LogP contribution in [0.3, 0.4) is 0 Å². The molecule has 1 aromatic carbocycles. The normalized spacial score (nSPS) is 10.7. The topological polar surface area (TPSA) is 75.0 Å². The van der Waals surface area contributed by atoms with E-state index in [2.05, 4.69) is 0 Å². The molecule has 2 rings (SSSR count). The van der Waals surface area contributed by atoms with Crippen LogP contribution in [0.5, 0.6) is 17.2 Å². The van der Waals surface area contributed by atoms with Gasteiger partial charge in [0.15, 0.2) is 5.78 Å². The Morgan fingerprint density at radius 1 is 1.04 bits per heavy atom. The zero-order valence-electron chi connectivity index (χ0n) is 13.9. The Kier molecular flexibility index (Phi) is 5.42. The van der Waals surface area contributed by atoms with Crippen molar-refractivity contribution >= 4 is 11.9 Å². The van der Waals surface area contributed by atoms with Gasteiger partial charge in [-0.2, -0.15) is 0 Å². The largest absolute Gasteiger partial charge is 0.497 e. The van der Waals surface area contributed by atoms with Gasteiger partial charge in [-0.3, -0.25) is 4.79 Å². The second-order valence-electron chi connectivity index (χ2n) is 4.89. The molecule has 6 heteroatoms. The number of carbonyl (C=O) groups is 1. The number of ether oxygens (including phenoxy) is 3. The van der Waals surface area contributed by atoms with Crippen molar-refractivity contribution in [1.82, 2.24) is 0 Å². The number of allylic oxidation sites excluding steroid dienone is 1. The Morgan fingerprint density at radius 3 is 2.38 bits per heavy atom. The van der Waals surface area contributed by atoms with Crippen molar-refractivity contribution in [2.45, 2.75) is 6.92 Å². The molecule has 0 radical (unpaired) electrons. The molecule has 0 unspecified atom stereocenters. The second kappa shape index (κ2) is 7.50. The Bertz CT molecular complexity index is 832. The minimum absolute atomic E-state index is 0.146. The summed E-state index contributed by atoms with van der Waals surface area (Å²) >= 11 is 0. The summed E-state index contributed by atoms with van der Waals surface area (Å²) in [6, 6.07) is 6.69. The molecule has 24 heavy (non-hydrogen) atoms. The lowest BCUT2D eigenvalue weighted by atomic mass is 10.1. The van der Waals surface area contributed by atoms with Gasteiger partial charge in [0.1, 0.15) is 28.6 Å². The van der Waals surface area contributed by atoms with Crippen LogP contribution >= 0.6 is 0 Å². The highest BCUT2D eigenvalue weighted by molar-refractivity contribution is 6.08. The number of hydrogen-bond acceptors (Lipinski definition) is 6. The van der Waals surface area contributed by atoms with Crippen LogP contribution in [0, 0.1) is 6.92 Å². The van der Waals surface area contributed by atoms with Crippen LogP contribution in [0.15, 0.2) is 39.6 Å². The van der Waals surface area contributed by atoms with Gasteiger partial charge in [0.25, 0.3) is 0 Å². The highest BCUT2D eigenvalue weighted by Crippen LogP contribution is 2.26. The van der Waals surface area contributed by atoms with Crippen molar-refractivity contribution in [3.8, 4) is 17.2 Å². The number of methoxy groups -OCH3 is 3. The summed E-state index contributed by atoms with van der Waals surface area (Å²) in [7, 11) is 4.46. The Hall–Kier alpha value is -3.02. The molecule has 1 heterocycles. The molecule has 0 saturated heterocycles. The lowest BCUT2D eigenvalue weighted by molar-refractivity contribution is 0.104. The summed E-state index contributed by atoms with van der Waals surface area (Å²) in [5, 5.41) is 0. The van der Waals surface area contributed by atoms with Gasteiger partial charge in [0, 0.05) is 17.7 Å². The van der Waals surface area contributed by atoms with Gasteiger partial charge in [-0.25, -0.2) is 4.79 Å². The van der Waals surface area contributed by atoms with Crippen molar-refractivity contribution in [3.05, 3.63) is 57.6 Å². The van der Waals surface area contributed by atoms with Crippen LogP contribution < -0.4 is 19.8 Å². The maximum Gasteiger partial charge on any atom is 0.351 e. The van der Waals surface area contributed by atoms with Crippen LogP contribution in [0.2, 0.25) is 0 Å². The fraction of sp³-hybridized carbons (Fsp3) is 0.222. The molecule has 2 aromatic rings. The first-order valence-electron chi connectivity index (χ1n) is 7.13. The zero-order chi connectivity index (χ0) is 17.7. The molecule has 1 aromatic heterocycles. The molecular formula is C18H18O6. The third kappa shape index (κ3) is 3.65. The maximum atomic E-state index is 12.4. The third-order valence-electron chi connectivity index (χ3n) is 3.36. The molecule has 0 amide bonds. The Morgan fingerprint density at radius 2 is 1.75 bits per heavy atom. The second-order valence-corrected chi connectivity index (χ2v) is 4.89. The molecule has 0 N–H and O–H groups in total. The standard InChI is InChI=1S/C18H18O6/c1-11-9-16(23-4)17(18(20)24-11)14(19)8-6-12-5-7-13(21-2)10-15(12)22-3/h5-10H,1-4H3/b8-6+. The molecule has 0 aliphatic carbocycles. The summed E-state index contributed by atoms with van der Waals surface area (Å²) < 4.78 is 20.5. The quantitative estimate of drug-likeness (QED) is 0.599. The van der Waals surface area contributed by atoms with Crippen molar-refractivity contribution in [2.75, 3.05) is 21.3 Å². The number of benzene rings is 1. The molecule has 6 nitrogen and oxygen atoms in total. The fourth-order valence-electron chi connectivity index (χ4n) is 2.17. The van der Waals surface area contributed by atoms with E-state index in [1.165, 1.54) is 26.4 Å². The number of carbonyl (C=O) groups excluding carboxylic acids is 1. The highest BCUT2D eigenvalue weighted by atomic mass is 16.5. The van der Waals surface area contributed by atoms with Gasteiger partial charge < -0.3 is 18.6 Å². The SMILES string of the molecule is COc1ccc(/C=C/C(=O)c2c(OC)cc(C)oc2=O)c(OC)c1. The van der Waals surface area contributed by atoms with Gasteiger partial charge in [-0.1, -0.05) is 0 Å². The van der Waals surface area contributed by atoms with E-state index >= 15 is 0 Å². The summed E-state index contributed by atoms with van der Waals surface area (Å²) in [6.45, 7) is 1.61. The molecule has 126 valence electrons. The van der Waals surface area contributed by atoms with E-state index < -0.39 is 11.4 Å². The van der Waals surface area contributed by atoms with Gasteiger partial charge in [0.2, 0.25) is 0 Å². The molecule has 0 aliphatic rings. The molecule has 0 spiro atoms. The van der Waals surface area contributed by atoms with Crippen molar-refractivity contribution in [1.29, 1.82) is 0 Å². The van der Waals surface area contributed by atoms with Crippen LogP contribution in [-0.4, -0.2) is 27.1 Å². The first-order chi connectivity index (χ1) is 11.5. The Balaban J connectivity index is 2.37. The van der Waals surface area contributed by atoms with Gasteiger partial charge in [0.05, 0.1) is 21.3 Å². The maximum absolute atomic E-state index is 12.4. The molecule has 0 saturated carbocycles. The molecular weight excluding hydrogens is 312 g/mol. The number of ketones is 1. The summed E-state index contributed by atoms with van der Waals surface area (Å²) in [5.74, 6) is 1.21. The first-order valence-corrected chi connectivity index (χ1v) is 7.13. The van der Waals surface area contributed by atoms with Gasteiger partial charge in [-0.15, -0.1) is 0 Å². The average molecular weight is 330 g/mol. The van der Waals surface area contributed by atoms with E-state index in [1.54, 1.807) is 38.3 Å². The zero-order valence-corrected chi connectivity index (χ0v) is 13.9. The van der Waals surface area contributed by atoms with Crippen LogP contribution in [0.4, 0.5) is 0 Å². The smallest absolute Gasteiger partial charge is 0.351 e. The number of aryl methyl sites for hydroxylation is 1. The Labute approximate surface area is 139 Å². The van der Waals surface area contributed by atoms with Gasteiger partial charge in [-0.05, 0) is 31.2 Å². The minimum Gasteiger partial charge on any atom is -0.497 e. The van der Waals surface area contributed by atoms with E-state index in [-0.39, 0.29) is 11.3 Å². The third-order valence-corrected chi connectivity index (χ3v) is 3.36. The predicted molar refractivity (Wildman–Crippen MR) is 89.2 cm³/mol. The van der Waals surface area contributed by atoms with E-state index in [1.807, 2.05) is 0 Å². The summed E-state index contributed by atoms with van der Waals surface area (Å²) in [4.78, 5) is 24.3. The molecule has 0 atom stereocenters. The average Bonchev–Trinajstić information content (AvgIpc) is 2.58. The lowest BCUT2D eigenvalue weighted by Crippen LogP contribution is -2.14. The fourth-order valence-corrected chi connectivity index (χ4v) is 2.17. The molecule has 0 fully saturated rings. The van der Waals surface area contributed by atoms with E-state index in [9.17, 15) is 9.59 Å². The van der Waals surface area contributed by atoms with Crippen molar-refractivity contribution < 1.29 is 23.4 Å². The van der Waals surface area contributed by atoms with Crippen LogP contribution in [-0.2, 0) is 0 Å². The molecule has 0 aliphatic heterocycles. The monoisotopic (exact) mass is 330 g/mol. The van der Waals surface area contributed by atoms with Crippen LogP contribution in [0.25, 0.3) is 6.08 Å². The van der Waals surface area contributed by atoms with E-state index in [0.29, 0.717) is 22.8 Å². The van der Waals surface area contributed by atoms with Crippen molar-refractivity contribution in [3.63, 3.8) is 0 Å².